The molecule has 4 N–H and O–H groups in total. The molecule has 0 unspecified atom stereocenters. The van der Waals surface area contributed by atoms with Gasteiger partial charge >= 0.3 is 0 Å². The molecule has 132 valence electrons. The van der Waals surface area contributed by atoms with E-state index in [1.54, 1.807) is 6.07 Å². The number of nitrogens with one attached hydrogen (secondary N) is 1. The highest BCUT2D eigenvalue weighted by molar-refractivity contribution is 5.82. The standard InChI is InChI=1S/C19H21F2N3O/c1-11(23-7-6-12-2-5-16(20)17(21)8-12)24-14-4-3-13-9-18(25)19(22)15(13)10-14/h2-5,8,10,18-19,25H,6-7,9,22H2,1H3,(H,23,24)/t18-,19-/m1/s1. The van der Waals surface area contributed by atoms with Crippen LogP contribution in [0.2, 0.25) is 0 Å². The van der Waals surface area contributed by atoms with Gasteiger partial charge in [-0.2, -0.15) is 0 Å². The van der Waals surface area contributed by atoms with E-state index in [-0.39, 0.29) is 6.04 Å². The number of hydrogen-bond acceptors (Lipinski definition) is 3. The third-order valence-corrected chi connectivity index (χ3v) is 4.41. The summed E-state index contributed by atoms with van der Waals surface area (Å²) in [5, 5.41) is 13.0. The van der Waals surface area contributed by atoms with Gasteiger partial charge in [-0.1, -0.05) is 12.1 Å². The normalized spacial score (nSPS) is 19.8. The zero-order valence-corrected chi connectivity index (χ0v) is 14.0. The smallest absolute Gasteiger partial charge is 0.159 e. The molecule has 0 radical (unpaired) electrons. The van der Waals surface area contributed by atoms with Gasteiger partial charge in [0.25, 0.3) is 0 Å². The fourth-order valence-corrected chi connectivity index (χ4v) is 3.02. The predicted octanol–water partition coefficient (Wildman–Crippen LogP) is 2.76. The van der Waals surface area contributed by atoms with Gasteiger partial charge in [0.05, 0.1) is 23.7 Å². The number of halogens is 2. The van der Waals surface area contributed by atoms with E-state index in [1.165, 1.54) is 6.07 Å². The number of nitrogens with two attached hydrogens (primary N) is 1. The molecule has 4 nitrogen and oxygen atoms in total. The zero-order valence-electron chi connectivity index (χ0n) is 14.0. The van der Waals surface area contributed by atoms with Crippen molar-refractivity contribution in [1.29, 1.82) is 0 Å². The number of hydrogen-bond donors (Lipinski definition) is 3. The number of aliphatic hydroxyl groups is 1. The van der Waals surface area contributed by atoms with Gasteiger partial charge in [0, 0.05) is 13.0 Å². The highest BCUT2D eigenvalue weighted by Gasteiger charge is 2.27. The average Bonchev–Trinajstić information content (AvgIpc) is 2.85. The maximum atomic E-state index is 13.2. The highest BCUT2D eigenvalue weighted by Crippen LogP contribution is 2.32. The van der Waals surface area contributed by atoms with Crippen LogP contribution in [0.3, 0.4) is 0 Å². The third kappa shape index (κ3) is 4.03. The van der Waals surface area contributed by atoms with Gasteiger partial charge in [-0.3, -0.25) is 0 Å². The second-order valence-electron chi connectivity index (χ2n) is 6.30. The molecule has 0 saturated heterocycles. The molecule has 0 spiro atoms. The molecular formula is C19H21F2N3O. The van der Waals surface area contributed by atoms with Crippen molar-refractivity contribution in [2.24, 2.45) is 10.7 Å². The van der Waals surface area contributed by atoms with Crippen molar-refractivity contribution in [1.82, 2.24) is 5.32 Å². The molecule has 2 atom stereocenters. The third-order valence-electron chi connectivity index (χ3n) is 4.41. The largest absolute Gasteiger partial charge is 0.391 e. The Hall–Kier alpha value is -2.31. The summed E-state index contributed by atoms with van der Waals surface area (Å²) in [5.41, 5.74) is 9.46. The Morgan fingerprint density at radius 2 is 2.04 bits per heavy atom. The maximum absolute atomic E-state index is 13.2. The topological polar surface area (TPSA) is 70.6 Å². The summed E-state index contributed by atoms with van der Waals surface area (Å²) < 4.78 is 26.1. The molecule has 0 amide bonds. The molecule has 2 aromatic rings. The monoisotopic (exact) mass is 345 g/mol. The lowest BCUT2D eigenvalue weighted by Gasteiger charge is -2.10. The van der Waals surface area contributed by atoms with Gasteiger partial charge in [-0.15, -0.1) is 0 Å². The van der Waals surface area contributed by atoms with Crippen molar-refractivity contribution in [2.75, 3.05) is 6.54 Å². The van der Waals surface area contributed by atoms with Crippen LogP contribution < -0.4 is 11.1 Å². The molecular weight excluding hydrogens is 324 g/mol. The van der Waals surface area contributed by atoms with E-state index >= 15 is 0 Å². The summed E-state index contributed by atoms with van der Waals surface area (Å²) in [4.78, 5) is 4.49. The summed E-state index contributed by atoms with van der Waals surface area (Å²) in [6.07, 6.45) is 0.599. The van der Waals surface area contributed by atoms with Crippen molar-refractivity contribution < 1.29 is 13.9 Å². The van der Waals surface area contributed by atoms with E-state index in [4.69, 9.17) is 5.73 Å². The quantitative estimate of drug-likeness (QED) is 0.589. The first-order chi connectivity index (χ1) is 11.9. The highest BCUT2D eigenvalue weighted by atomic mass is 19.2. The van der Waals surface area contributed by atoms with Gasteiger partial charge in [0.2, 0.25) is 0 Å². The van der Waals surface area contributed by atoms with Crippen LogP contribution in [0.1, 0.15) is 29.7 Å². The van der Waals surface area contributed by atoms with E-state index in [0.717, 1.165) is 34.3 Å². The van der Waals surface area contributed by atoms with E-state index in [2.05, 4.69) is 10.3 Å². The van der Waals surface area contributed by atoms with Gasteiger partial charge in [0.1, 0.15) is 0 Å². The molecule has 3 rings (SSSR count). The summed E-state index contributed by atoms with van der Waals surface area (Å²) in [7, 11) is 0. The molecule has 0 aliphatic heterocycles. The lowest BCUT2D eigenvalue weighted by Crippen LogP contribution is -2.23. The van der Waals surface area contributed by atoms with Crippen LogP contribution in [0, 0.1) is 11.6 Å². The Kier molecular flexibility index (Phi) is 5.11. The molecule has 0 fully saturated rings. The zero-order chi connectivity index (χ0) is 18.0. The van der Waals surface area contributed by atoms with E-state index < -0.39 is 17.7 Å². The Labute approximate surface area is 145 Å². The van der Waals surface area contributed by atoms with Crippen molar-refractivity contribution in [3.63, 3.8) is 0 Å². The Morgan fingerprint density at radius 1 is 1.24 bits per heavy atom. The maximum Gasteiger partial charge on any atom is 0.159 e. The van der Waals surface area contributed by atoms with E-state index in [9.17, 15) is 13.9 Å². The van der Waals surface area contributed by atoms with Gasteiger partial charge in [-0.25, -0.2) is 13.8 Å². The Balaban J connectivity index is 1.60. The van der Waals surface area contributed by atoms with Crippen LogP contribution in [-0.4, -0.2) is 23.6 Å². The molecule has 6 heteroatoms. The first-order valence-electron chi connectivity index (χ1n) is 8.23. The predicted molar refractivity (Wildman–Crippen MR) is 93.9 cm³/mol. The molecule has 0 saturated carbocycles. The molecule has 0 aromatic heterocycles. The number of nitrogens with zero attached hydrogens (tertiary/aromatic N) is 1. The van der Waals surface area contributed by atoms with Crippen molar-refractivity contribution in [2.45, 2.75) is 31.9 Å². The second-order valence-corrected chi connectivity index (χ2v) is 6.30. The Bertz CT molecular complexity index is 807. The lowest BCUT2D eigenvalue weighted by molar-refractivity contribution is 0.158. The molecule has 2 aromatic carbocycles. The number of rotatable bonds is 4. The first-order valence-corrected chi connectivity index (χ1v) is 8.23. The summed E-state index contributed by atoms with van der Waals surface area (Å²) in [6, 6.07) is 9.27. The summed E-state index contributed by atoms with van der Waals surface area (Å²) in [6.45, 7) is 2.40. The minimum absolute atomic E-state index is 0.369. The van der Waals surface area contributed by atoms with Crippen molar-refractivity contribution in [3.05, 3.63) is 64.7 Å². The minimum Gasteiger partial charge on any atom is -0.391 e. The number of aliphatic imine (C=N–C) groups is 1. The number of benzene rings is 2. The van der Waals surface area contributed by atoms with E-state index in [1.807, 2.05) is 25.1 Å². The van der Waals surface area contributed by atoms with Gasteiger partial charge in [0.15, 0.2) is 11.6 Å². The van der Waals surface area contributed by atoms with Gasteiger partial charge in [-0.05, 0) is 54.3 Å². The molecule has 0 heterocycles. The van der Waals surface area contributed by atoms with Crippen molar-refractivity contribution >= 4 is 11.5 Å². The number of aliphatic hydroxyl groups excluding tert-OH is 1. The lowest BCUT2D eigenvalue weighted by atomic mass is 10.1. The van der Waals surface area contributed by atoms with Crippen LogP contribution in [0.5, 0.6) is 0 Å². The molecule has 1 aliphatic rings. The number of amidine groups is 1. The molecule has 1 aliphatic carbocycles. The minimum atomic E-state index is -0.839. The average molecular weight is 345 g/mol. The number of fused-ring (bicyclic) bond motifs is 1. The van der Waals surface area contributed by atoms with Crippen LogP contribution in [-0.2, 0) is 12.8 Å². The summed E-state index contributed by atoms with van der Waals surface area (Å²) in [5.74, 6) is -0.955. The van der Waals surface area contributed by atoms with Crippen LogP contribution >= 0.6 is 0 Å². The van der Waals surface area contributed by atoms with Gasteiger partial charge < -0.3 is 16.2 Å². The van der Waals surface area contributed by atoms with Crippen LogP contribution in [0.25, 0.3) is 0 Å². The molecule has 25 heavy (non-hydrogen) atoms. The van der Waals surface area contributed by atoms with Crippen molar-refractivity contribution in [3.8, 4) is 0 Å². The molecule has 0 bridgehead atoms. The second kappa shape index (κ2) is 7.29. The van der Waals surface area contributed by atoms with Crippen LogP contribution in [0.4, 0.5) is 14.5 Å². The fraction of sp³-hybridized carbons (Fsp3) is 0.316. The Morgan fingerprint density at radius 3 is 2.80 bits per heavy atom. The van der Waals surface area contributed by atoms with E-state index in [0.29, 0.717) is 19.4 Å². The SMILES string of the molecule is CC(=Nc1ccc2c(c1)[C@@H](N)[C@H](O)C2)NCCc1ccc(F)c(F)c1. The van der Waals surface area contributed by atoms with Crippen LogP contribution in [0.15, 0.2) is 41.4 Å². The fourth-order valence-electron chi connectivity index (χ4n) is 3.02. The first kappa shape index (κ1) is 17.5. The summed E-state index contributed by atoms with van der Waals surface area (Å²) >= 11 is 0.